The summed E-state index contributed by atoms with van der Waals surface area (Å²) < 4.78 is 0. The lowest BCUT2D eigenvalue weighted by Gasteiger charge is -2.32. The van der Waals surface area contributed by atoms with Gasteiger partial charge in [0.15, 0.2) is 0 Å². The number of nitrogens with one attached hydrogen (secondary N) is 2. The van der Waals surface area contributed by atoms with Gasteiger partial charge in [0, 0.05) is 36.1 Å². The van der Waals surface area contributed by atoms with Crippen LogP contribution in [0.15, 0.2) is 40.5 Å². The lowest BCUT2D eigenvalue weighted by Crippen LogP contribution is -2.47. The van der Waals surface area contributed by atoms with E-state index in [2.05, 4.69) is 20.2 Å². The predicted octanol–water partition coefficient (Wildman–Crippen LogP) is 4.02. The maximum absolute atomic E-state index is 12.8. The molecule has 3 aromatic rings. The third kappa shape index (κ3) is 4.77. The Bertz CT molecular complexity index is 1150. The molecule has 1 aliphatic heterocycles. The predicted molar refractivity (Wildman–Crippen MR) is 132 cm³/mol. The first-order valence-corrected chi connectivity index (χ1v) is 13.2. The summed E-state index contributed by atoms with van der Waals surface area (Å²) in [6, 6.07) is 11.0. The molecule has 5 rings (SSSR count). The van der Waals surface area contributed by atoms with Crippen LogP contribution in [0.5, 0.6) is 0 Å². The van der Waals surface area contributed by atoms with E-state index in [-0.39, 0.29) is 22.8 Å². The third-order valence-corrected chi connectivity index (χ3v) is 8.38. The monoisotopic (exact) mass is 468 g/mol. The van der Waals surface area contributed by atoms with Crippen molar-refractivity contribution in [1.29, 1.82) is 0 Å². The van der Waals surface area contributed by atoms with E-state index in [1.807, 2.05) is 42.6 Å². The molecule has 1 atom stereocenters. The molecule has 1 aliphatic carbocycles. The van der Waals surface area contributed by atoms with E-state index in [0.29, 0.717) is 17.0 Å². The maximum atomic E-state index is 12.8. The fraction of sp³-hybridized carbons (Fsp3) is 0.458. The van der Waals surface area contributed by atoms with E-state index < -0.39 is 0 Å². The molecule has 0 radical (unpaired) electrons. The van der Waals surface area contributed by atoms with Gasteiger partial charge >= 0.3 is 0 Å². The molecule has 168 valence electrons. The van der Waals surface area contributed by atoms with Gasteiger partial charge in [-0.15, -0.1) is 23.1 Å². The highest BCUT2D eigenvalue weighted by atomic mass is 32.2. The lowest BCUT2D eigenvalue weighted by atomic mass is 10.0. The van der Waals surface area contributed by atoms with E-state index in [0.717, 1.165) is 47.9 Å². The number of nitrogens with zero attached hydrogens (tertiary/aromatic N) is 2. The summed E-state index contributed by atoms with van der Waals surface area (Å²) in [5, 5.41) is 5.65. The largest absolute Gasteiger partial charge is 0.352 e. The Kier molecular flexibility index (Phi) is 6.35. The summed E-state index contributed by atoms with van der Waals surface area (Å²) >= 11 is 3.00. The number of benzene rings is 1. The Balaban J connectivity index is 1.18. The molecule has 3 heterocycles. The average molecular weight is 469 g/mol. The number of hydrogen-bond acceptors (Lipinski definition) is 6. The molecule has 32 heavy (non-hydrogen) atoms. The second-order valence-corrected chi connectivity index (χ2v) is 10.9. The smallest absolute Gasteiger partial charge is 0.260 e. The summed E-state index contributed by atoms with van der Waals surface area (Å²) in [4.78, 5) is 36.3. The van der Waals surface area contributed by atoms with Crippen molar-refractivity contribution < 1.29 is 4.79 Å². The Labute approximate surface area is 195 Å². The SMILES string of the molecule is C[C@H](SCc1nc2scc(-c3ccccc3)c2c(=O)[nH]1)C(=O)NC1CCN(C2CC2)CC1. The molecular weight excluding hydrogens is 440 g/mol. The van der Waals surface area contributed by atoms with Gasteiger partial charge in [0.25, 0.3) is 5.56 Å². The standard InChI is InChI=1S/C24H28N4O2S2/c1-15(22(29)25-17-9-11-28(12-10-17)18-7-8-18)31-14-20-26-23(30)21-19(13-32-24(21)27-20)16-5-3-2-4-6-16/h2-6,13,15,17-18H,7-12,14H2,1H3,(H,25,29)(H,26,27,30)/t15-/m0/s1. The third-order valence-electron chi connectivity index (χ3n) is 6.36. The van der Waals surface area contributed by atoms with Crippen molar-refractivity contribution in [1.82, 2.24) is 20.2 Å². The van der Waals surface area contributed by atoms with Gasteiger partial charge < -0.3 is 15.2 Å². The molecule has 1 amide bonds. The Morgan fingerprint density at radius 2 is 2.00 bits per heavy atom. The number of aromatic nitrogens is 2. The Morgan fingerprint density at radius 3 is 2.72 bits per heavy atom. The van der Waals surface area contributed by atoms with E-state index in [1.54, 1.807) is 0 Å². The number of carbonyl (C=O) groups excluding carboxylic acids is 1. The van der Waals surface area contributed by atoms with Crippen molar-refractivity contribution in [3.05, 3.63) is 51.9 Å². The molecule has 2 aromatic heterocycles. The van der Waals surface area contributed by atoms with E-state index >= 15 is 0 Å². The average Bonchev–Trinajstić information content (AvgIpc) is 3.57. The minimum absolute atomic E-state index is 0.0748. The molecule has 0 unspecified atom stereocenters. The van der Waals surface area contributed by atoms with E-state index in [1.165, 1.54) is 35.9 Å². The highest BCUT2D eigenvalue weighted by Gasteiger charge is 2.32. The summed E-state index contributed by atoms with van der Waals surface area (Å²) in [7, 11) is 0. The highest BCUT2D eigenvalue weighted by molar-refractivity contribution is 7.99. The molecule has 8 heteroatoms. The maximum Gasteiger partial charge on any atom is 0.260 e. The zero-order valence-corrected chi connectivity index (χ0v) is 19.8. The highest BCUT2D eigenvalue weighted by Crippen LogP contribution is 2.31. The van der Waals surface area contributed by atoms with Gasteiger partial charge in [-0.1, -0.05) is 30.3 Å². The van der Waals surface area contributed by atoms with E-state index in [4.69, 9.17) is 0 Å². The Morgan fingerprint density at radius 1 is 1.25 bits per heavy atom. The first kappa shape index (κ1) is 21.7. The van der Waals surface area contributed by atoms with Crippen LogP contribution < -0.4 is 10.9 Å². The van der Waals surface area contributed by atoms with Crippen LogP contribution in [0, 0.1) is 0 Å². The molecule has 1 aromatic carbocycles. The van der Waals surface area contributed by atoms with Crippen molar-refractivity contribution in [3.8, 4) is 11.1 Å². The molecule has 1 saturated heterocycles. The molecule has 2 N–H and O–H groups in total. The van der Waals surface area contributed by atoms with Crippen molar-refractivity contribution >= 4 is 39.2 Å². The van der Waals surface area contributed by atoms with Crippen LogP contribution in [0.1, 0.15) is 38.4 Å². The first-order valence-electron chi connectivity index (χ1n) is 11.3. The fourth-order valence-corrected chi connectivity index (χ4v) is 6.07. The zero-order valence-electron chi connectivity index (χ0n) is 18.2. The second kappa shape index (κ2) is 9.37. The number of H-pyrrole nitrogens is 1. The Hall–Kier alpha value is -2.16. The number of likely N-dealkylation sites (tertiary alicyclic amines) is 1. The molecular formula is C24H28N4O2S2. The number of amides is 1. The minimum atomic E-state index is -0.194. The van der Waals surface area contributed by atoms with Gasteiger partial charge in [0.1, 0.15) is 10.7 Å². The molecule has 0 bridgehead atoms. The number of thioether (sulfide) groups is 1. The van der Waals surface area contributed by atoms with Crippen LogP contribution in [-0.4, -0.2) is 51.2 Å². The zero-order chi connectivity index (χ0) is 22.1. The van der Waals surface area contributed by atoms with Crippen molar-refractivity contribution in [2.24, 2.45) is 0 Å². The number of rotatable bonds is 7. The van der Waals surface area contributed by atoms with Gasteiger partial charge in [-0.05, 0) is 38.2 Å². The van der Waals surface area contributed by atoms with Crippen LogP contribution in [0.3, 0.4) is 0 Å². The summed E-state index contributed by atoms with van der Waals surface area (Å²) in [5.41, 5.74) is 1.81. The quantitative estimate of drug-likeness (QED) is 0.548. The minimum Gasteiger partial charge on any atom is -0.352 e. The number of carbonyl (C=O) groups is 1. The number of piperidine rings is 1. The topological polar surface area (TPSA) is 78.1 Å². The normalized spacial score (nSPS) is 18.7. The van der Waals surface area contributed by atoms with Gasteiger partial charge in [-0.2, -0.15) is 0 Å². The number of hydrogen-bond donors (Lipinski definition) is 2. The summed E-state index contributed by atoms with van der Waals surface area (Å²) in [6.45, 7) is 4.11. The second-order valence-electron chi connectivity index (χ2n) is 8.71. The van der Waals surface area contributed by atoms with Crippen LogP contribution in [0.4, 0.5) is 0 Å². The van der Waals surface area contributed by atoms with Crippen LogP contribution in [0.2, 0.25) is 0 Å². The van der Waals surface area contributed by atoms with Gasteiger partial charge in [-0.25, -0.2) is 4.98 Å². The van der Waals surface area contributed by atoms with E-state index in [9.17, 15) is 9.59 Å². The summed E-state index contributed by atoms with van der Waals surface area (Å²) in [5.74, 6) is 1.19. The lowest BCUT2D eigenvalue weighted by molar-refractivity contribution is -0.121. The molecule has 2 fully saturated rings. The van der Waals surface area contributed by atoms with Gasteiger partial charge in [-0.3, -0.25) is 9.59 Å². The van der Waals surface area contributed by atoms with Gasteiger partial charge in [0.2, 0.25) is 5.91 Å². The van der Waals surface area contributed by atoms with Crippen LogP contribution in [-0.2, 0) is 10.5 Å². The first-order chi connectivity index (χ1) is 15.6. The van der Waals surface area contributed by atoms with Crippen molar-refractivity contribution in [2.75, 3.05) is 13.1 Å². The molecule has 6 nitrogen and oxygen atoms in total. The number of aromatic amines is 1. The molecule has 0 spiro atoms. The van der Waals surface area contributed by atoms with Gasteiger partial charge in [0.05, 0.1) is 16.4 Å². The van der Waals surface area contributed by atoms with Crippen molar-refractivity contribution in [2.45, 2.75) is 55.7 Å². The van der Waals surface area contributed by atoms with Crippen molar-refractivity contribution in [3.63, 3.8) is 0 Å². The van der Waals surface area contributed by atoms with Crippen LogP contribution >= 0.6 is 23.1 Å². The summed E-state index contributed by atoms with van der Waals surface area (Å²) in [6.07, 6.45) is 4.75. The number of thiophene rings is 1. The number of fused-ring (bicyclic) bond motifs is 1. The molecule has 2 aliphatic rings. The molecule has 1 saturated carbocycles. The van der Waals surface area contributed by atoms with Crippen LogP contribution in [0.25, 0.3) is 21.3 Å². The fourth-order valence-electron chi connectivity index (χ4n) is 4.34.